The molecule has 17 heavy (non-hydrogen) atoms. The van der Waals surface area contributed by atoms with Gasteiger partial charge in [0.1, 0.15) is 0 Å². The maximum absolute atomic E-state index is 11.8. The Hall–Kier alpha value is -1.49. The molecule has 0 fully saturated rings. The predicted octanol–water partition coefficient (Wildman–Crippen LogP) is 2.00. The number of carboxylic acids is 1. The second-order valence-electron chi connectivity index (χ2n) is 3.45. The number of carbonyl (C=O) groups excluding carboxylic acids is 1. The maximum Gasteiger partial charge on any atom is 0.303 e. The molecule has 1 rings (SSSR count). The van der Waals surface area contributed by atoms with Crippen molar-refractivity contribution in [2.24, 2.45) is 0 Å². The zero-order valence-electron chi connectivity index (χ0n) is 9.60. The van der Waals surface area contributed by atoms with Crippen molar-refractivity contribution >= 4 is 23.6 Å². The van der Waals surface area contributed by atoms with Crippen LogP contribution in [0.25, 0.3) is 0 Å². The Kier molecular flexibility index (Phi) is 5.56. The monoisotopic (exact) mass is 253 g/mol. The average molecular weight is 253 g/mol. The van der Waals surface area contributed by atoms with Gasteiger partial charge in [-0.3, -0.25) is 9.59 Å². The van der Waals surface area contributed by atoms with E-state index in [4.69, 9.17) is 5.11 Å². The molecular weight excluding hydrogens is 238 g/mol. The Bertz CT molecular complexity index is 406. The highest BCUT2D eigenvalue weighted by atomic mass is 32.2. The van der Waals surface area contributed by atoms with Crippen LogP contribution < -0.4 is 5.32 Å². The second-order valence-corrected chi connectivity index (χ2v) is 4.30. The highest BCUT2D eigenvalue weighted by Gasteiger charge is 2.09. The van der Waals surface area contributed by atoms with Gasteiger partial charge < -0.3 is 10.4 Å². The minimum absolute atomic E-state index is 0.0739. The van der Waals surface area contributed by atoms with Crippen molar-refractivity contribution in [3.8, 4) is 0 Å². The minimum atomic E-state index is -0.844. The van der Waals surface area contributed by atoms with Crippen LogP contribution in [0.3, 0.4) is 0 Å². The molecule has 0 aliphatic heterocycles. The summed E-state index contributed by atoms with van der Waals surface area (Å²) in [5, 5.41) is 11.2. The van der Waals surface area contributed by atoms with E-state index in [9.17, 15) is 9.59 Å². The maximum atomic E-state index is 11.8. The number of nitrogens with one attached hydrogen (secondary N) is 1. The van der Waals surface area contributed by atoms with Crippen molar-refractivity contribution in [2.75, 3.05) is 12.8 Å². The first-order chi connectivity index (χ1) is 8.15. The quantitative estimate of drug-likeness (QED) is 0.601. The molecule has 2 N–H and O–H groups in total. The number of amides is 1. The van der Waals surface area contributed by atoms with Crippen LogP contribution >= 0.6 is 11.8 Å². The molecule has 4 nitrogen and oxygen atoms in total. The van der Waals surface area contributed by atoms with Gasteiger partial charge in [0.25, 0.3) is 5.91 Å². The molecule has 0 aromatic heterocycles. The van der Waals surface area contributed by atoms with E-state index in [-0.39, 0.29) is 12.3 Å². The molecule has 1 aromatic carbocycles. The third kappa shape index (κ3) is 4.48. The van der Waals surface area contributed by atoms with E-state index in [2.05, 4.69) is 5.32 Å². The molecule has 0 saturated carbocycles. The molecule has 92 valence electrons. The smallest absolute Gasteiger partial charge is 0.303 e. The molecule has 1 amide bonds. The molecule has 0 aliphatic carbocycles. The van der Waals surface area contributed by atoms with Gasteiger partial charge in [0.15, 0.2) is 0 Å². The van der Waals surface area contributed by atoms with Crippen LogP contribution in [0.1, 0.15) is 23.2 Å². The number of carbonyl (C=O) groups is 2. The van der Waals surface area contributed by atoms with Crippen molar-refractivity contribution in [3.05, 3.63) is 29.8 Å². The summed E-state index contributed by atoms with van der Waals surface area (Å²) >= 11 is 1.51. The average Bonchev–Trinajstić information content (AvgIpc) is 2.34. The van der Waals surface area contributed by atoms with Crippen LogP contribution in [-0.4, -0.2) is 29.8 Å². The van der Waals surface area contributed by atoms with E-state index in [0.29, 0.717) is 18.5 Å². The van der Waals surface area contributed by atoms with Crippen LogP contribution in [0.15, 0.2) is 29.2 Å². The third-order valence-corrected chi connectivity index (χ3v) is 3.00. The highest BCUT2D eigenvalue weighted by Crippen LogP contribution is 2.19. The van der Waals surface area contributed by atoms with Crippen molar-refractivity contribution < 1.29 is 14.7 Å². The molecule has 0 atom stereocenters. The number of aliphatic carboxylic acids is 1. The number of rotatable bonds is 6. The van der Waals surface area contributed by atoms with Gasteiger partial charge in [0.05, 0.1) is 5.56 Å². The molecule has 0 spiro atoms. The van der Waals surface area contributed by atoms with Gasteiger partial charge in [-0.2, -0.15) is 0 Å². The lowest BCUT2D eigenvalue weighted by Gasteiger charge is -2.07. The summed E-state index contributed by atoms with van der Waals surface area (Å²) in [5.74, 6) is -0.996. The lowest BCUT2D eigenvalue weighted by Crippen LogP contribution is -2.25. The van der Waals surface area contributed by atoms with E-state index in [1.807, 2.05) is 24.5 Å². The Balaban J connectivity index is 2.49. The summed E-state index contributed by atoms with van der Waals surface area (Å²) in [5.41, 5.74) is 0.635. The van der Waals surface area contributed by atoms with Crippen molar-refractivity contribution in [1.29, 1.82) is 0 Å². The lowest BCUT2D eigenvalue weighted by atomic mass is 10.2. The van der Waals surface area contributed by atoms with E-state index in [0.717, 1.165) is 4.90 Å². The Labute approximate surface area is 104 Å². The van der Waals surface area contributed by atoms with Crippen LogP contribution in [0.4, 0.5) is 0 Å². The molecule has 0 bridgehead atoms. The topological polar surface area (TPSA) is 66.4 Å². The van der Waals surface area contributed by atoms with Gasteiger partial charge in [0.2, 0.25) is 0 Å². The summed E-state index contributed by atoms with van der Waals surface area (Å²) in [7, 11) is 0. The number of benzene rings is 1. The van der Waals surface area contributed by atoms with Gasteiger partial charge in [0, 0.05) is 17.9 Å². The van der Waals surface area contributed by atoms with Gasteiger partial charge in [-0.05, 0) is 24.8 Å². The fraction of sp³-hybridized carbons (Fsp3) is 0.333. The fourth-order valence-electron chi connectivity index (χ4n) is 1.37. The summed E-state index contributed by atoms with van der Waals surface area (Å²) in [4.78, 5) is 23.0. The Morgan fingerprint density at radius 3 is 2.71 bits per heavy atom. The summed E-state index contributed by atoms with van der Waals surface area (Å²) in [6.45, 7) is 0.383. The number of hydrogen-bond donors (Lipinski definition) is 2. The molecule has 1 aromatic rings. The third-order valence-electron chi connectivity index (χ3n) is 2.20. The van der Waals surface area contributed by atoms with E-state index < -0.39 is 5.97 Å². The van der Waals surface area contributed by atoms with Gasteiger partial charge in [-0.15, -0.1) is 11.8 Å². The molecule has 0 heterocycles. The number of thioether (sulfide) groups is 1. The second kappa shape index (κ2) is 6.96. The summed E-state index contributed by atoms with van der Waals surface area (Å²) in [6.07, 6.45) is 2.43. The van der Waals surface area contributed by atoms with Crippen LogP contribution in [0.5, 0.6) is 0 Å². The summed E-state index contributed by atoms with van der Waals surface area (Å²) < 4.78 is 0. The van der Waals surface area contributed by atoms with E-state index in [1.54, 1.807) is 6.07 Å². The van der Waals surface area contributed by atoms with Gasteiger partial charge in [-0.25, -0.2) is 0 Å². The predicted molar refractivity (Wildman–Crippen MR) is 67.4 cm³/mol. The molecule has 0 aliphatic rings. The van der Waals surface area contributed by atoms with Crippen molar-refractivity contribution in [1.82, 2.24) is 5.32 Å². The first-order valence-corrected chi connectivity index (χ1v) is 6.50. The fourth-order valence-corrected chi connectivity index (χ4v) is 1.96. The van der Waals surface area contributed by atoms with Crippen molar-refractivity contribution in [3.63, 3.8) is 0 Å². The normalized spacial score (nSPS) is 9.94. The SMILES string of the molecule is CSc1ccccc1C(=O)NCCCC(=O)O. The molecule has 0 radical (unpaired) electrons. The highest BCUT2D eigenvalue weighted by molar-refractivity contribution is 7.98. The van der Waals surface area contributed by atoms with Gasteiger partial charge in [-0.1, -0.05) is 12.1 Å². The molecule has 0 unspecified atom stereocenters. The zero-order chi connectivity index (χ0) is 12.7. The Morgan fingerprint density at radius 2 is 2.06 bits per heavy atom. The number of carboxylic acid groups (broad SMARTS) is 1. The zero-order valence-corrected chi connectivity index (χ0v) is 10.4. The van der Waals surface area contributed by atoms with Gasteiger partial charge >= 0.3 is 5.97 Å². The molecular formula is C12H15NO3S. The lowest BCUT2D eigenvalue weighted by molar-refractivity contribution is -0.137. The van der Waals surface area contributed by atoms with Crippen LogP contribution in [-0.2, 0) is 4.79 Å². The van der Waals surface area contributed by atoms with Crippen molar-refractivity contribution in [2.45, 2.75) is 17.7 Å². The van der Waals surface area contributed by atoms with Crippen LogP contribution in [0, 0.1) is 0 Å². The van der Waals surface area contributed by atoms with Crippen LogP contribution in [0.2, 0.25) is 0 Å². The summed E-state index contributed by atoms with van der Waals surface area (Å²) in [6, 6.07) is 7.34. The van der Waals surface area contributed by atoms with E-state index >= 15 is 0 Å². The first-order valence-electron chi connectivity index (χ1n) is 5.28. The largest absolute Gasteiger partial charge is 0.481 e. The standard InChI is InChI=1S/C12H15NO3S/c1-17-10-6-3-2-5-9(10)12(16)13-8-4-7-11(14)15/h2-3,5-6H,4,7-8H2,1H3,(H,13,16)(H,14,15). The molecule has 0 saturated heterocycles. The minimum Gasteiger partial charge on any atom is -0.481 e. The molecule has 5 heteroatoms. The Morgan fingerprint density at radius 1 is 1.35 bits per heavy atom. The van der Waals surface area contributed by atoms with E-state index in [1.165, 1.54) is 11.8 Å². The number of hydrogen-bond acceptors (Lipinski definition) is 3. The first kappa shape index (κ1) is 13.6.